The first kappa shape index (κ1) is 8.03. The van der Waals surface area contributed by atoms with Crippen molar-refractivity contribution < 1.29 is 4.79 Å². The van der Waals surface area contributed by atoms with Crippen LogP contribution in [0.2, 0.25) is 0 Å². The molecule has 0 saturated heterocycles. The first-order chi connectivity index (χ1) is 5.68. The van der Waals surface area contributed by atoms with Gasteiger partial charge in [0.2, 0.25) is 0 Å². The Bertz CT molecular complexity index is 231. The van der Waals surface area contributed by atoms with Crippen LogP contribution in [-0.4, -0.2) is 6.29 Å². The van der Waals surface area contributed by atoms with E-state index in [2.05, 4.69) is 13.5 Å². The Morgan fingerprint density at radius 1 is 1.67 bits per heavy atom. The van der Waals surface area contributed by atoms with Crippen LogP contribution in [0.5, 0.6) is 0 Å². The molecule has 12 heavy (non-hydrogen) atoms. The van der Waals surface area contributed by atoms with E-state index in [0.717, 1.165) is 12.8 Å². The molecule has 1 heteroatoms. The summed E-state index contributed by atoms with van der Waals surface area (Å²) in [6, 6.07) is 0. The van der Waals surface area contributed by atoms with Crippen molar-refractivity contribution in [3.8, 4) is 0 Å². The van der Waals surface area contributed by atoms with Crippen molar-refractivity contribution >= 4 is 6.29 Å². The largest absolute Gasteiger partial charge is 0.303 e. The molecule has 0 amide bonds. The number of carbonyl (C=O) groups excluding carboxylic acids is 1. The van der Waals surface area contributed by atoms with E-state index in [4.69, 9.17) is 0 Å². The Balaban J connectivity index is 2.00. The van der Waals surface area contributed by atoms with Gasteiger partial charge in [-0.2, -0.15) is 0 Å². The molecule has 2 rings (SSSR count). The summed E-state index contributed by atoms with van der Waals surface area (Å²) >= 11 is 0. The lowest BCUT2D eigenvalue weighted by Crippen LogP contribution is -2.17. The van der Waals surface area contributed by atoms with Crippen molar-refractivity contribution in [3.05, 3.63) is 12.2 Å². The highest BCUT2D eigenvalue weighted by atomic mass is 16.1. The highest BCUT2D eigenvalue weighted by molar-refractivity contribution is 5.65. The molecule has 0 N–H and O–H groups in total. The molecular formula is C11H16O. The summed E-state index contributed by atoms with van der Waals surface area (Å²) < 4.78 is 0. The fourth-order valence-corrected chi connectivity index (χ4v) is 2.58. The smallest absolute Gasteiger partial charge is 0.126 e. The molecule has 66 valence electrons. The molecule has 3 atom stereocenters. The van der Waals surface area contributed by atoms with E-state index in [1.165, 1.54) is 24.7 Å². The number of hydrogen-bond acceptors (Lipinski definition) is 1. The number of carbonyl (C=O) groups is 1. The molecule has 0 aromatic heterocycles. The van der Waals surface area contributed by atoms with Crippen LogP contribution in [0.4, 0.5) is 0 Å². The lowest BCUT2D eigenvalue weighted by atomic mass is 9.80. The van der Waals surface area contributed by atoms with E-state index >= 15 is 0 Å². The Hall–Kier alpha value is -0.590. The van der Waals surface area contributed by atoms with Crippen molar-refractivity contribution in [2.45, 2.75) is 32.6 Å². The van der Waals surface area contributed by atoms with Gasteiger partial charge in [0.1, 0.15) is 6.29 Å². The number of aldehydes is 1. The molecule has 2 aliphatic rings. The van der Waals surface area contributed by atoms with Crippen molar-refractivity contribution in [1.29, 1.82) is 0 Å². The summed E-state index contributed by atoms with van der Waals surface area (Å²) in [5.74, 6) is 1.40. The lowest BCUT2D eigenvalue weighted by Gasteiger charge is -2.24. The minimum atomic E-state index is 0.131. The summed E-state index contributed by atoms with van der Waals surface area (Å²) in [5, 5.41) is 0. The van der Waals surface area contributed by atoms with Crippen LogP contribution < -0.4 is 0 Å². The van der Waals surface area contributed by atoms with Crippen LogP contribution in [-0.2, 0) is 4.79 Å². The molecule has 0 spiro atoms. The van der Waals surface area contributed by atoms with Gasteiger partial charge in [-0.15, -0.1) is 0 Å². The third kappa shape index (κ3) is 1.03. The maximum Gasteiger partial charge on any atom is 0.126 e. The van der Waals surface area contributed by atoms with Crippen LogP contribution in [0.1, 0.15) is 32.6 Å². The van der Waals surface area contributed by atoms with Gasteiger partial charge in [0.05, 0.1) is 0 Å². The van der Waals surface area contributed by atoms with Crippen LogP contribution >= 0.6 is 0 Å². The van der Waals surface area contributed by atoms with Crippen LogP contribution in [0.15, 0.2) is 12.2 Å². The average Bonchev–Trinajstić information content (AvgIpc) is 2.77. The predicted octanol–water partition coefficient (Wildman–Crippen LogP) is 2.57. The van der Waals surface area contributed by atoms with Crippen LogP contribution in [0, 0.1) is 17.3 Å². The summed E-state index contributed by atoms with van der Waals surface area (Å²) in [7, 11) is 0. The molecular weight excluding hydrogens is 148 g/mol. The van der Waals surface area contributed by atoms with Gasteiger partial charge < -0.3 is 4.79 Å². The van der Waals surface area contributed by atoms with E-state index in [0.29, 0.717) is 11.8 Å². The summed E-state index contributed by atoms with van der Waals surface area (Å²) in [5.41, 5.74) is 1.44. The van der Waals surface area contributed by atoms with E-state index < -0.39 is 0 Å². The molecule has 0 radical (unpaired) electrons. The number of hydrogen-bond donors (Lipinski definition) is 0. The molecule has 0 heterocycles. The minimum absolute atomic E-state index is 0.131. The Morgan fingerprint density at radius 3 is 2.92 bits per heavy atom. The number of allylic oxidation sites excluding steroid dienone is 1. The zero-order chi connectivity index (χ0) is 8.77. The molecule has 0 bridgehead atoms. The summed E-state index contributed by atoms with van der Waals surface area (Å²) in [6.07, 6.45) is 5.87. The maximum atomic E-state index is 10.8. The SMILES string of the molecule is C=C(C)[C@H]1CC[C@]2(C=O)C[C@@H]2C1. The highest BCUT2D eigenvalue weighted by Crippen LogP contribution is 2.61. The summed E-state index contributed by atoms with van der Waals surface area (Å²) in [4.78, 5) is 10.8. The predicted molar refractivity (Wildman–Crippen MR) is 48.8 cm³/mol. The van der Waals surface area contributed by atoms with Gasteiger partial charge in [-0.05, 0) is 44.4 Å². The van der Waals surface area contributed by atoms with E-state index in [1.54, 1.807) is 0 Å². The van der Waals surface area contributed by atoms with Crippen molar-refractivity contribution in [3.63, 3.8) is 0 Å². The third-order valence-electron chi connectivity index (χ3n) is 3.74. The monoisotopic (exact) mass is 164 g/mol. The van der Waals surface area contributed by atoms with Crippen LogP contribution in [0.3, 0.4) is 0 Å². The Labute approximate surface area is 73.8 Å². The quantitative estimate of drug-likeness (QED) is 0.453. The second-order valence-corrected chi connectivity index (χ2v) is 4.57. The fourth-order valence-electron chi connectivity index (χ4n) is 2.58. The standard InChI is InChI=1S/C11H16O/c1-8(2)9-3-4-11(7-12)6-10(11)5-9/h7,9-10H,1,3-6H2,2H3/t9-,10-,11+/m0/s1. The molecule has 2 aliphatic carbocycles. The molecule has 2 fully saturated rings. The van der Waals surface area contributed by atoms with E-state index in [1.807, 2.05) is 0 Å². The Morgan fingerprint density at radius 2 is 2.42 bits per heavy atom. The van der Waals surface area contributed by atoms with Gasteiger partial charge >= 0.3 is 0 Å². The van der Waals surface area contributed by atoms with E-state index in [-0.39, 0.29) is 5.41 Å². The van der Waals surface area contributed by atoms with Gasteiger partial charge in [-0.3, -0.25) is 0 Å². The molecule has 0 aromatic carbocycles. The van der Waals surface area contributed by atoms with Gasteiger partial charge in [0.25, 0.3) is 0 Å². The van der Waals surface area contributed by atoms with Crippen molar-refractivity contribution in [2.75, 3.05) is 0 Å². The van der Waals surface area contributed by atoms with E-state index in [9.17, 15) is 4.79 Å². The van der Waals surface area contributed by atoms with Gasteiger partial charge in [-0.25, -0.2) is 0 Å². The van der Waals surface area contributed by atoms with Gasteiger partial charge in [-0.1, -0.05) is 12.2 Å². The highest BCUT2D eigenvalue weighted by Gasteiger charge is 2.56. The first-order valence-electron chi connectivity index (χ1n) is 4.80. The second-order valence-electron chi connectivity index (χ2n) is 4.57. The zero-order valence-electron chi connectivity index (χ0n) is 7.68. The topological polar surface area (TPSA) is 17.1 Å². The third-order valence-corrected chi connectivity index (χ3v) is 3.74. The Kier molecular flexibility index (Phi) is 1.64. The molecule has 2 saturated carbocycles. The number of fused-ring (bicyclic) bond motifs is 1. The maximum absolute atomic E-state index is 10.8. The fraction of sp³-hybridized carbons (Fsp3) is 0.727. The van der Waals surface area contributed by atoms with Gasteiger partial charge in [0.15, 0.2) is 0 Å². The van der Waals surface area contributed by atoms with Crippen molar-refractivity contribution in [1.82, 2.24) is 0 Å². The summed E-state index contributed by atoms with van der Waals surface area (Å²) in [6.45, 7) is 6.10. The molecule has 0 aromatic rings. The number of rotatable bonds is 2. The minimum Gasteiger partial charge on any atom is -0.303 e. The molecule has 0 unspecified atom stereocenters. The molecule has 0 aliphatic heterocycles. The lowest BCUT2D eigenvalue weighted by molar-refractivity contribution is -0.113. The first-order valence-corrected chi connectivity index (χ1v) is 4.80. The normalized spacial score (nSPS) is 44.8. The van der Waals surface area contributed by atoms with Crippen LogP contribution in [0.25, 0.3) is 0 Å². The average molecular weight is 164 g/mol. The van der Waals surface area contributed by atoms with Crippen molar-refractivity contribution in [2.24, 2.45) is 17.3 Å². The second kappa shape index (κ2) is 2.45. The zero-order valence-corrected chi connectivity index (χ0v) is 7.68. The molecule has 1 nitrogen and oxygen atoms in total. The van der Waals surface area contributed by atoms with Gasteiger partial charge in [0, 0.05) is 5.41 Å².